The Bertz CT molecular complexity index is 219. The minimum Gasteiger partial charge on any atom is -0.396 e. The van der Waals surface area contributed by atoms with Crippen LogP contribution in [0.2, 0.25) is 0 Å². The van der Waals surface area contributed by atoms with E-state index in [1.165, 1.54) is 0 Å². The van der Waals surface area contributed by atoms with E-state index in [0.29, 0.717) is 18.9 Å². The van der Waals surface area contributed by atoms with Gasteiger partial charge in [0.15, 0.2) is 0 Å². The van der Waals surface area contributed by atoms with E-state index in [0.717, 1.165) is 6.42 Å². The zero-order valence-corrected chi connectivity index (χ0v) is 11.6. The summed E-state index contributed by atoms with van der Waals surface area (Å²) in [6.45, 7) is 8.75. The summed E-state index contributed by atoms with van der Waals surface area (Å²) >= 11 is 0. The molecule has 0 aliphatic heterocycles. The standard InChI is InChI=1S/C13H28N2O2/c1-9(2)5-12(7-14)6-13(17)15-11(4)10(3)8-16/h9-12,16H,5-8,14H2,1-4H3,(H,15,17)/t10?,11?,12-/m0/s1. The first-order valence-corrected chi connectivity index (χ1v) is 6.50. The lowest BCUT2D eigenvalue weighted by Crippen LogP contribution is -2.39. The molecule has 0 aliphatic carbocycles. The summed E-state index contributed by atoms with van der Waals surface area (Å²) < 4.78 is 0. The molecule has 2 unspecified atom stereocenters. The van der Waals surface area contributed by atoms with Crippen LogP contribution < -0.4 is 11.1 Å². The van der Waals surface area contributed by atoms with Gasteiger partial charge in [-0.3, -0.25) is 4.79 Å². The molecule has 4 heteroatoms. The minimum atomic E-state index is 0.00461. The number of nitrogens with one attached hydrogen (secondary N) is 1. The van der Waals surface area contributed by atoms with Crippen LogP contribution in [-0.4, -0.2) is 30.2 Å². The minimum absolute atomic E-state index is 0.00461. The van der Waals surface area contributed by atoms with Crippen molar-refractivity contribution >= 4 is 5.91 Å². The predicted octanol–water partition coefficient (Wildman–Crippen LogP) is 1.13. The van der Waals surface area contributed by atoms with Crippen molar-refractivity contribution in [1.29, 1.82) is 0 Å². The van der Waals surface area contributed by atoms with E-state index in [2.05, 4.69) is 19.2 Å². The molecule has 0 radical (unpaired) electrons. The molecule has 0 saturated heterocycles. The maximum Gasteiger partial charge on any atom is 0.220 e. The Hall–Kier alpha value is -0.610. The van der Waals surface area contributed by atoms with Gasteiger partial charge in [0.25, 0.3) is 0 Å². The molecule has 0 aliphatic rings. The Kier molecular flexibility index (Phi) is 8.17. The predicted molar refractivity (Wildman–Crippen MR) is 70.5 cm³/mol. The third-order valence-corrected chi connectivity index (χ3v) is 3.14. The molecule has 0 saturated carbocycles. The maximum atomic E-state index is 11.8. The quantitative estimate of drug-likeness (QED) is 0.599. The smallest absolute Gasteiger partial charge is 0.220 e. The van der Waals surface area contributed by atoms with E-state index < -0.39 is 0 Å². The zero-order valence-electron chi connectivity index (χ0n) is 11.6. The topological polar surface area (TPSA) is 75.4 Å². The first-order valence-electron chi connectivity index (χ1n) is 6.50. The van der Waals surface area contributed by atoms with E-state index in [-0.39, 0.29) is 30.4 Å². The van der Waals surface area contributed by atoms with E-state index in [4.69, 9.17) is 10.8 Å². The molecule has 0 spiro atoms. The molecule has 4 nitrogen and oxygen atoms in total. The number of aliphatic hydroxyl groups is 1. The van der Waals surface area contributed by atoms with Crippen LogP contribution in [0.1, 0.15) is 40.5 Å². The number of hydrogen-bond acceptors (Lipinski definition) is 3. The molecule has 0 aromatic carbocycles. The van der Waals surface area contributed by atoms with E-state index in [9.17, 15) is 4.79 Å². The van der Waals surface area contributed by atoms with Gasteiger partial charge >= 0.3 is 0 Å². The van der Waals surface area contributed by atoms with Crippen molar-refractivity contribution in [3.05, 3.63) is 0 Å². The van der Waals surface area contributed by atoms with Crippen LogP contribution in [0.15, 0.2) is 0 Å². The van der Waals surface area contributed by atoms with Crippen molar-refractivity contribution in [2.75, 3.05) is 13.2 Å². The Morgan fingerprint density at radius 3 is 2.29 bits per heavy atom. The average Bonchev–Trinajstić information content (AvgIpc) is 2.25. The van der Waals surface area contributed by atoms with Crippen LogP contribution in [0.25, 0.3) is 0 Å². The molecule has 17 heavy (non-hydrogen) atoms. The van der Waals surface area contributed by atoms with Crippen molar-refractivity contribution in [1.82, 2.24) is 5.32 Å². The number of hydrogen-bond donors (Lipinski definition) is 3. The molecule has 102 valence electrons. The van der Waals surface area contributed by atoms with Gasteiger partial charge in [-0.25, -0.2) is 0 Å². The van der Waals surface area contributed by atoms with Crippen LogP contribution in [0.3, 0.4) is 0 Å². The second-order valence-corrected chi connectivity index (χ2v) is 5.45. The number of aliphatic hydroxyl groups excluding tert-OH is 1. The second-order valence-electron chi connectivity index (χ2n) is 5.45. The molecule has 0 heterocycles. The van der Waals surface area contributed by atoms with Gasteiger partial charge < -0.3 is 16.2 Å². The molecular weight excluding hydrogens is 216 g/mol. The fraction of sp³-hybridized carbons (Fsp3) is 0.923. The highest BCUT2D eigenvalue weighted by Gasteiger charge is 2.17. The highest BCUT2D eigenvalue weighted by Crippen LogP contribution is 2.14. The number of carbonyl (C=O) groups excluding carboxylic acids is 1. The number of rotatable bonds is 8. The summed E-state index contributed by atoms with van der Waals surface area (Å²) in [5.74, 6) is 0.936. The van der Waals surface area contributed by atoms with Gasteiger partial charge in [0, 0.05) is 19.1 Å². The maximum absolute atomic E-state index is 11.8. The van der Waals surface area contributed by atoms with Crippen LogP contribution in [-0.2, 0) is 4.79 Å². The number of carbonyl (C=O) groups is 1. The lowest BCUT2D eigenvalue weighted by Gasteiger charge is -2.22. The van der Waals surface area contributed by atoms with Gasteiger partial charge in [-0.05, 0) is 37.6 Å². The largest absolute Gasteiger partial charge is 0.396 e. The van der Waals surface area contributed by atoms with Gasteiger partial charge in [-0.2, -0.15) is 0 Å². The molecule has 0 aromatic heterocycles. The number of nitrogens with two attached hydrogens (primary N) is 1. The van der Waals surface area contributed by atoms with Crippen LogP contribution >= 0.6 is 0 Å². The molecule has 1 amide bonds. The van der Waals surface area contributed by atoms with Crippen molar-refractivity contribution in [3.63, 3.8) is 0 Å². The fourth-order valence-corrected chi connectivity index (χ4v) is 1.80. The van der Waals surface area contributed by atoms with Gasteiger partial charge in [0.05, 0.1) is 0 Å². The van der Waals surface area contributed by atoms with Gasteiger partial charge in [-0.15, -0.1) is 0 Å². The van der Waals surface area contributed by atoms with Gasteiger partial charge in [-0.1, -0.05) is 20.8 Å². The van der Waals surface area contributed by atoms with Crippen LogP contribution in [0.4, 0.5) is 0 Å². The Morgan fingerprint density at radius 1 is 1.29 bits per heavy atom. The van der Waals surface area contributed by atoms with E-state index in [1.54, 1.807) is 0 Å². The third kappa shape index (κ3) is 7.34. The monoisotopic (exact) mass is 244 g/mol. The van der Waals surface area contributed by atoms with E-state index >= 15 is 0 Å². The SMILES string of the molecule is CC(C)C[C@H](CN)CC(=O)NC(C)C(C)CO. The Labute approximate surface area is 105 Å². The first-order chi connectivity index (χ1) is 7.90. The average molecular weight is 244 g/mol. The molecule has 0 rings (SSSR count). The molecule has 0 fully saturated rings. The zero-order chi connectivity index (χ0) is 13.4. The third-order valence-electron chi connectivity index (χ3n) is 3.14. The Morgan fingerprint density at radius 2 is 1.88 bits per heavy atom. The van der Waals surface area contributed by atoms with Crippen molar-refractivity contribution in [2.45, 2.75) is 46.6 Å². The molecule has 0 aromatic rings. The van der Waals surface area contributed by atoms with Crippen molar-refractivity contribution in [2.24, 2.45) is 23.5 Å². The Balaban J connectivity index is 4.06. The van der Waals surface area contributed by atoms with E-state index in [1.807, 2.05) is 13.8 Å². The fourth-order valence-electron chi connectivity index (χ4n) is 1.80. The van der Waals surface area contributed by atoms with Crippen LogP contribution in [0.5, 0.6) is 0 Å². The normalized spacial score (nSPS) is 16.6. The van der Waals surface area contributed by atoms with Crippen LogP contribution in [0, 0.1) is 17.8 Å². The van der Waals surface area contributed by atoms with Crippen molar-refractivity contribution in [3.8, 4) is 0 Å². The number of amides is 1. The molecule has 4 N–H and O–H groups in total. The molecule has 3 atom stereocenters. The van der Waals surface area contributed by atoms with Crippen molar-refractivity contribution < 1.29 is 9.90 Å². The highest BCUT2D eigenvalue weighted by atomic mass is 16.3. The first kappa shape index (κ1) is 16.4. The molecule has 0 bridgehead atoms. The highest BCUT2D eigenvalue weighted by molar-refractivity contribution is 5.76. The lowest BCUT2D eigenvalue weighted by molar-refractivity contribution is -0.123. The second kappa shape index (κ2) is 8.48. The summed E-state index contributed by atoms with van der Waals surface area (Å²) in [5, 5.41) is 11.9. The summed E-state index contributed by atoms with van der Waals surface area (Å²) in [4.78, 5) is 11.8. The van der Waals surface area contributed by atoms with Gasteiger partial charge in [0.1, 0.15) is 0 Å². The van der Waals surface area contributed by atoms with Gasteiger partial charge in [0.2, 0.25) is 5.91 Å². The summed E-state index contributed by atoms with van der Waals surface area (Å²) in [6.07, 6.45) is 1.46. The summed E-state index contributed by atoms with van der Waals surface area (Å²) in [6, 6.07) is 0.00461. The molecular formula is C13H28N2O2. The lowest BCUT2D eigenvalue weighted by atomic mass is 9.93. The summed E-state index contributed by atoms with van der Waals surface area (Å²) in [5.41, 5.74) is 5.67. The summed E-state index contributed by atoms with van der Waals surface area (Å²) in [7, 11) is 0.